The number of unbranched alkanes of at least 4 members (excludes halogenated alkanes) is 1. The van der Waals surface area contributed by atoms with Crippen LogP contribution in [0.4, 0.5) is 13.2 Å². The van der Waals surface area contributed by atoms with E-state index in [-0.39, 0.29) is 36.8 Å². The summed E-state index contributed by atoms with van der Waals surface area (Å²) in [6.45, 7) is 0.232. The molecule has 1 fully saturated rings. The lowest BCUT2D eigenvalue weighted by Crippen LogP contribution is -2.25. The molecule has 4 nitrogen and oxygen atoms in total. The average Bonchev–Trinajstić information content (AvgIpc) is 2.90. The van der Waals surface area contributed by atoms with Gasteiger partial charge in [-0.1, -0.05) is 24.3 Å². The molecule has 0 unspecified atom stereocenters. The Morgan fingerprint density at radius 1 is 1.28 bits per heavy atom. The van der Waals surface area contributed by atoms with Crippen molar-refractivity contribution in [2.75, 3.05) is 6.61 Å². The fraction of sp³-hybridized carbons (Fsp3) is 0.571. The van der Waals surface area contributed by atoms with Crippen LogP contribution in [0.15, 0.2) is 36.4 Å². The summed E-state index contributed by atoms with van der Waals surface area (Å²) >= 11 is 6.36. The number of hydrogen-bond donors (Lipinski definition) is 2. The average molecular weight is 435 g/mol. The highest BCUT2D eigenvalue weighted by atomic mass is 35.5. The summed E-state index contributed by atoms with van der Waals surface area (Å²) in [5, 5.41) is 18.7. The minimum absolute atomic E-state index is 0.0103. The van der Waals surface area contributed by atoms with Crippen molar-refractivity contribution in [3.8, 4) is 0 Å². The van der Waals surface area contributed by atoms with Crippen molar-refractivity contribution in [3.63, 3.8) is 0 Å². The molecule has 0 heterocycles. The number of aliphatic hydroxyl groups is 1. The summed E-state index contributed by atoms with van der Waals surface area (Å²) in [5.41, 5.74) is -0.296. The van der Waals surface area contributed by atoms with Gasteiger partial charge in [0.25, 0.3) is 0 Å². The molecule has 2 rings (SSSR count). The largest absolute Gasteiger partial charge is 0.481 e. The number of benzene rings is 1. The first kappa shape index (κ1) is 23.7. The summed E-state index contributed by atoms with van der Waals surface area (Å²) < 4.78 is 44.0. The highest BCUT2D eigenvalue weighted by molar-refractivity contribution is 6.21. The van der Waals surface area contributed by atoms with Gasteiger partial charge in [-0.25, -0.2) is 0 Å². The molecule has 2 N–H and O–H groups in total. The SMILES string of the molecule is O=C(O)CCC/C=C\C[C@@H]1[C@@H](COCc2cccc(C(F)(F)F)c2)[C@H](O)C[C@H]1Cl. The summed E-state index contributed by atoms with van der Waals surface area (Å²) in [7, 11) is 0. The van der Waals surface area contributed by atoms with Gasteiger partial charge in [0.05, 0.1) is 24.9 Å². The minimum atomic E-state index is -4.40. The van der Waals surface area contributed by atoms with Gasteiger partial charge in [-0.15, -0.1) is 11.6 Å². The summed E-state index contributed by atoms with van der Waals surface area (Å²) in [5.74, 6) is -1.04. The van der Waals surface area contributed by atoms with Crippen molar-refractivity contribution < 1.29 is 32.9 Å². The number of rotatable bonds is 10. The number of carbonyl (C=O) groups is 1. The third-order valence-electron chi connectivity index (χ3n) is 5.15. The zero-order valence-corrected chi connectivity index (χ0v) is 16.7. The number of carboxylic acid groups (broad SMARTS) is 1. The topological polar surface area (TPSA) is 66.8 Å². The summed E-state index contributed by atoms with van der Waals surface area (Å²) in [4.78, 5) is 10.5. The van der Waals surface area contributed by atoms with Crippen LogP contribution in [0.5, 0.6) is 0 Å². The molecule has 0 aliphatic heterocycles. The maximum absolute atomic E-state index is 12.8. The molecule has 0 radical (unpaired) electrons. The Balaban J connectivity index is 1.84. The van der Waals surface area contributed by atoms with Crippen LogP contribution in [0.3, 0.4) is 0 Å². The van der Waals surface area contributed by atoms with Crippen LogP contribution >= 0.6 is 11.6 Å². The standard InChI is InChI=1S/C21H26ClF3O4/c22-18-11-19(26)17(16(18)8-3-1-2-4-9-20(27)28)13-29-12-14-6-5-7-15(10-14)21(23,24)25/h1,3,5-7,10,16-19,26H,2,4,8-9,11-13H2,(H,27,28)/b3-1-/t16-,17-,18-,19-/m1/s1. The number of alkyl halides is 4. The maximum atomic E-state index is 12.8. The van der Waals surface area contributed by atoms with E-state index in [1.807, 2.05) is 12.2 Å². The minimum Gasteiger partial charge on any atom is -0.481 e. The zero-order valence-electron chi connectivity index (χ0n) is 15.9. The van der Waals surface area contributed by atoms with Crippen LogP contribution in [-0.4, -0.2) is 34.3 Å². The Bertz CT molecular complexity index is 693. The Hall–Kier alpha value is -1.57. The van der Waals surface area contributed by atoms with Crippen molar-refractivity contribution in [2.45, 2.75) is 56.4 Å². The quantitative estimate of drug-likeness (QED) is 0.308. The highest BCUT2D eigenvalue weighted by Crippen LogP contribution is 2.39. The first-order valence-corrected chi connectivity index (χ1v) is 10.0. The maximum Gasteiger partial charge on any atom is 0.416 e. The lowest BCUT2D eigenvalue weighted by molar-refractivity contribution is -0.138. The third kappa shape index (κ3) is 7.64. The Kier molecular flexibility index (Phi) is 8.99. The van der Waals surface area contributed by atoms with Crippen molar-refractivity contribution >= 4 is 17.6 Å². The first-order chi connectivity index (χ1) is 13.7. The fourth-order valence-corrected chi connectivity index (χ4v) is 4.06. The first-order valence-electron chi connectivity index (χ1n) is 9.61. The molecule has 162 valence electrons. The molecule has 0 spiro atoms. The molecule has 1 aromatic carbocycles. The summed E-state index contributed by atoms with van der Waals surface area (Å²) in [6.07, 6.45) is 1.26. The van der Waals surface area contributed by atoms with E-state index >= 15 is 0 Å². The van der Waals surface area contributed by atoms with Crippen LogP contribution < -0.4 is 0 Å². The smallest absolute Gasteiger partial charge is 0.416 e. The van der Waals surface area contributed by atoms with Gasteiger partial charge in [-0.2, -0.15) is 13.2 Å². The second-order valence-corrected chi connectivity index (χ2v) is 7.91. The summed E-state index contributed by atoms with van der Waals surface area (Å²) in [6, 6.07) is 4.99. The number of ether oxygens (including phenoxy) is 1. The van der Waals surface area contributed by atoms with Gasteiger partial charge >= 0.3 is 12.1 Å². The number of halogens is 4. The van der Waals surface area contributed by atoms with E-state index in [0.717, 1.165) is 12.1 Å². The monoisotopic (exact) mass is 434 g/mol. The molecule has 29 heavy (non-hydrogen) atoms. The molecule has 1 aliphatic rings. The van der Waals surface area contributed by atoms with Crippen LogP contribution in [-0.2, 0) is 22.3 Å². The van der Waals surface area contributed by atoms with Gasteiger partial charge in [0, 0.05) is 17.7 Å². The second-order valence-electron chi connectivity index (χ2n) is 7.35. The van der Waals surface area contributed by atoms with Crippen LogP contribution in [0.2, 0.25) is 0 Å². The van der Waals surface area contributed by atoms with Crippen LogP contribution in [0.1, 0.15) is 43.2 Å². The molecular formula is C21H26ClF3O4. The van der Waals surface area contributed by atoms with E-state index < -0.39 is 23.8 Å². The van der Waals surface area contributed by atoms with E-state index in [2.05, 4.69) is 0 Å². The van der Waals surface area contributed by atoms with Crippen molar-refractivity contribution in [3.05, 3.63) is 47.5 Å². The Labute approximate surface area is 173 Å². The van der Waals surface area contributed by atoms with Crippen LogP contribution in [0, 0.1) is 11.8 Å². The van der Waals surface area contributed by atoms with Gasteiger partial charge in [-0.05, 0) is 49.3 Å². The molecule has 0 amide bonds. The molecule has 0 aromatic heterocycles. The molecule has 1 saturated carbocycles. The number of hydrogen-bond acceptors (Lipinski definition) is 3. The zero-order chi connectivity index (χ0) is 21.4. The van der Waals surface area contributed by atoms with Gasteiger partial charge in [0.1, 0.15) is 0 Å². The van der Waals surface area contributed by atoms with Gasteiger partial charge in [-0.3, -0.25) is 4.79 Å². The molecule has 1 aromatic rings. The van der Waals surface area contributed by atoms with Gasteiger partial charge in [0.15, 0.2) is 0 Å². The number of allylic oxidation sites excluding steroid dienone is 2. The highest BCUT2D eigenvalue weighted by Gasteiger charge is 2.40. The molecule has 0 bridgehead atoms. The van der Waals surface area contributed by atoms with Gasteiger partial charge < -0.3 is 14.9 Å². The number of aliphatic hydroxyl groups excluding tert-OH is 1. The predicted octanol–water partition coefficient (Wildman–Crippen LogP) is 5.03. The number of aliphatic carboxylic acids is 1. The van der Waals surface area contributed by atoms with E-state index in [1.54, 1.807) is 6.07 Å². The fourth-order valence-electron chi connectivity index (χ4n) is 3.58. The molecule has 0 saturated heterocycles. The van der Waals surface area contributed by atoms with Crippen LogP contribution in [0.25, 0.3) is 0 Å². The lowest BCUT2D eigenvalue weighted by Gasteiger charge is -2.22. The Morgan fingerprint density at radius 3 is 2.72 bits per heavy atom. The van der Waals surface area contributed by atoms with Crippen molar-refractivity contribution in [2.24, 2.45) is 11.8 Å². The Morgan fingerprint density at radius 2 is 2.03 bits per heavy atom. The number of carboxylic acids is 1. The van der Waals surface area contributed by atoms with E-state index in [1.165, 1.54) is 6.07 Å². The molecule has 4 atom stereocenters. The second kappa shape index (κ2) is 11.0. The molecule has 1 aliphatic carbocycles. The normalized spacial score (nSPS) is 25.0. The van der Waals surface area contributed by atoms with E-state index in [0.29, 0.717) is 31.2 Å². The van der Waals surface area contributed by atoms with E-state index in [4.69, 9.17) is 21.4 Å². The lowest BCUT2D eigenvalue weighted by atomic mass is 9.92. The third-order valence-corrected chi connectivity index (χ3v) is 5.65. The predicted molar refractivity (Wildman–Crippen MR) is 104 cm³/mol. The van der Waals surface area contributed by atoms with Crippen molar-refractivity contribution in [1.29, 1.82) is 0 Å². The van der Waals surface area contributed by atoms with Gasteiger partial charge in [0.2, 0.25) is 0 Å². The van der Waals surface area contributed by atoms with Crippen molar-refractivity contribution in [1.82, 2.24) is 0 Å². The molecule has 8 heteroatoms. The molecular weight excluding hydrogens is 409 g/mol. The van der Waals surface area contributed by atoms with E-state index in [9.17, 15) is 23.1 Å².